The molecule has 5 rings (SSSR count). The fourth-order valence-corrected chi connectivity index (χ4v) is 5.19. The van der Waals surface area contributed by atoms with E-state index in [9.17, 15) is 4.79 Å². The molecule has 1 aliphatic rings. The number of hydrogen-bond donors (Lipinski definition) is 1. The number of benzene rings is 2. The number of rotatable bonds is 4. The number of amides is 1. The number of para-hydroxylation sites is 1. The van der Waals surface area contributed by atoms with Gasteiger partial charge in [0.25, 0.3) is 0 Å². The molecule has 7 nitrogen and oxygen atoms in total. The van der Waals surface area contributed by atoms with E-state index in [1.165, 1.54) is 6.07 Å². The van der Waals surface area contributed by atoms with Gasteiger partial charge in [0.05, 0.1) is 35.7 Å². The molecule has 0 saturated carbocycles. The van der Waals surface area contributed by atoms with Crippen molar-refractivity contribution in [2.24, 2.45) is 0 Å². The van der Waals surface area contributed by atoms with Crippen LogP contribution < -0.4 is 0 Å². The van der Waals surface area contributed by atoms with Crippen molar-refractivity contribution in [1.29, 1.82) is 0 Å². The van der Waals surface area contributed by atoms with E-state index in [1.54, 1.807) is 12.0 Å². The van der Waals surface area contributed by atoms with Crippen LogP contribution in [0.25, 0.3) is 27.8 Å². The maximum Gasteiger partial charge on any atom is 0.410 e. The lowest BCUT2D eigenvalue weighted by molar-refractivity contribution is 0.0224. The summed E-state index contributed by atoms with van der Waals surface area (Å²) in [4.78, 5) is 17.9. The van der Waals surface area contributed by atoms with Gasteiger partial charge >= 0.3 is 6.09 Å². The second-order valence-corrected chi connectivity index (χ2v) is 10.7. The molecular weight excluding hydrogens is 471 g/mol. The fraction of sp³-hybridized carbons (Fsp3) is 0.379. The first kappa shape index (κ1) is 25.0. The van der Waals surface area contributed by atoms with E-state index in [0.29, 0.717) is 24.2 Å². The molecule has 3 heterocycles. The van der Waals surface area contributed by atoms with Crippen LogP contribution in [0.5, 0.6) is 0 Å². The Labute approximate surface area is 216 Å². The van der Waals surface area contributed by atoms with Gasteiger partial charge in [-0.1, -0.05) is 18.2 Å². The van der Waals surface area contributed by atoms with E-state index in [-0.39, 0.29) is 25.1 Å². The van der Waals surface area contributed by atoms with Crippen LogP contribution in [-0.2, 0) is 29.0 Å². The summed E-state index contributed by atoms with van der Waals surface area (Å²) in [5, 5.41) is 5.76. The average Bonchev–Trinajstić information content (AvgIpc) is 3.43. The van der Waals surface area contributed by atoms with E-state index in [2.05, 4.69) is 4.98 Å². The third-order valence-corrected chi connectivity index (χ3v) is 6.75. The zero-order chi connectivity index (χ0) is 26.5. The van der Waals surface area contributed by atoms with Gasteiger partial charge in [-0.05, 0) is 57.9 Å². The predicted molar refractivity (Wildman–Crippen MR) is 141 cm³/mol. The highest BCUT2D eigenvalue weighted by molar-refractivity contribution is 5.97. The van der Waals surface area contributed by atoms with E-state index in [0.717, 1.165) is 44.5 Å². The van der Waals surface area contributed by atoms with Crippen LogP contribution in [0.4, 0.5) is 9.18 Å². The van der Waals surface area contributed by atoms with Gasteiger partial charge in [-0.3, -0.25) is 0 Å². The van der Waals surface area contributed by atoms with Crippen molar-refractivity contribution >= 4 is 17.0 Å². The summed E-state index contributed by atoms with van der Waals surface area (Å²) >= 11 is 0. The van der Waals surface area contributed by atoms with E-state index in [4.69, 9.17) is 14.6 Å². The highest BCUT2D eigenvalue weighted by Crippen LogP contribution is 2.40. The minimum Gasteiger partial charge on any atom is -0.444 e. The number of H-pyrrole nitrogens is 1. The van der Waals surface area contributed by atoms with Gasteiger partial charge in [0, 0.05) is 48.3 Å². The van der Waals surface area contributed by atoms with Crippen molar-refractivity contribution < 1.29 is 18.7 Å². The number of carbonyl (C=O) groups excluding carboxylic acids is 1. The van der Waals surface area contributed by atoms with Crippen LogP contribution in [0, 0.1) is 19.7 Å². The van der Waals surface area contributed by atoms with Gasteiger partial charge in [-0.25, -0.2) is 13.9 Å². The lowest BCUT2D eigenvalue weighted by Gasteiger charge is -2.30. The first-order valence-corrected chi connectivity index (χ1v) is 12.5. The van der Waals surface area contributed by atoms with Crippen LogP contribution in [0.15, 0.2) is 36.5 Å². The SMILES string of the molecule is COCc1cc(F)c(-c2c3c(nn2-c2c(C)cccc2C)CCN(C(=O)OC(C)(C)C)C3)c2cc[nH]c12. The van der Waals surface area contributed by atoms with Crippen LogP contribution in [0.1, 0.15) is 48.7 Å². The van der Waals surface area contributed by atoms with Crippen molar-refractivity contribution in [2.45, 2.75) is 59.8 Å². The standard InChI is InChI=1S/C29H33FN4O3/c1-17-8-7-9-18(2)26(17)34-27(24-20-10-12-31-25(20)19(16-36-6)14-22(24)30)21-15-33(13-11-23(21)32-34)28(35)37-29(3,4)5/h7-10,12,14,31H,11,13,15-16H2,1-6H3. The molecule has 0 atom stereocenters. The molecule has 0 spiro atoms. The number of aromatic nitrogens is 3. The number of halogens is 1. The number of nitrogens with zero attached hydrogens (tertiary/aromatic N) is 3. The number of carbonyl (C=O) groups is 1. The van der Waals surface area contributed by atoms with Crippen LogP contribution in [0.2, 0.25) is 0 Å². The average molecular weight is 505 g/mol. The molecule has 194 valence electrons. The summed E-state index contributed by atoms with van der Waals surface area (Å²) in [5.41, 5.74) is 6.75. The molecule has 2 aromatic carbocycles. The third kappa shape index (κ3) is 4.50. The molecule has 1 aliphatic heterocycles. The third-order valence-electron chi connectivity index (χ3n) is 6.75. The lowest BCUT2D eigenvalue weighted by Crippen LogP contribution is -2.39. The molecule has 0 radical (unpaired) electrons. The second kappa shape index (κ2) is 9.34. The highest BCUT2D eigenvalue weighted by Gasteiger charge is 2.33. The minimum absolute atomic E-state index is 0.287. The maximum atomic E-state index is 16.1. The monoisotopic (exact) mass is 504 g/mol. The number of aryl methyl sites for hydroxylation is 2. The fourth-order valence-electron chi connectivity index (χ4n) is 5.19. The Kier molecular flexibility index (Phi) is 6.31. The molecule has 0 aliphatic carbocycles. The summed E-state index contributed by atoms with van der Waals surface area (Å²) in [7, 11) is 1.60. The van der Waals surface area contributed by atoms with Crippen LogP contribution in [0.3, 0.4) is 0 Å². The summed E-state index contributed by atoms with van der Waals surface area (Å²) in [5.74, 6) is -0.358. The van der Waals surface area contributed by atoms with E-state index >= 15 is 4.39 Å². The number of hydrogen-bond acceptors (Lipinski definition) is 4. The molecule has 37 heavy (non-hydrogen) atoms. The zero-order valence-corrected chi connectivity index (χ0v) is 22.2. The van der Waals surface area contributed by atoms with Crippen LogP contribution in [-0.4, -0.2) is 45.0 Å². The lowest BCUT2D eigenvalue weighted by atomic mass is 9.96. The molecular formula is C29H33FN4O3. The van der Waals surface area contributed by atoms with Gasteiger partial charge in [-0.15, -0.1) is 0 Å². The molecule has 0 bridgehead atoms. The quantitative estimate of drug-likeness (QED) is 0.358. The molecule has 2 aromatic heterocycles. The maximum absolute atomic E-state index is 16.1. The van der Waals surface area contributed by atoms with Crippen molar-refractivity contribution in [3.05, 3.63) is 70.3 Å². The number of fused-ring (bicyclic) bond motifs is 2. The molecule has 4 aromatic rings. The highest BCUT2D eigenvalue weighted by atomic mass is 19.1. The zero-order valence-electron chi connectivity index (χ0n) is 22.2. The number of aromatic amines is 1. The molecule has 8 heteroatoms. The Bertz CT molecular complexity index is 1480. The van der Waals surface area contributed by atoms with Crippen molar-refractivity contribution in [1.82, 2.24) is 19.7 Å². The van der Waals surface area contributed by atoms with Gasteiger partial charge in [0.1, 0.15) is 11.4 Å². The molecule has 0 saturated heterocycles. The Hall–Kier alpha value is -3.65. The van der Waals surface area contributed by atoms with E-state index in [1.807, 2.05) is 69.8 Å². The van der Waals surface area contributed by atoms with Gasteiger partial charge < -0.3 is 19.4 Å². The topological polar surface area (TPSA) is 72.4 Å². The van der Waals surface area contributed by atoms with Crippen molar-refractivity contribution in [3.8, 4) is 16.9 Å². The summed E-state index contributed by atoms with van der Waals surface area (Å²) in [6.45, 7) is 10.7. The summed E-state index contributed by atoms with van der Waals surface area (Å²) in [6.07, 6.45) is 1.98. The smallest absolute Gasteiger partial charge is 0.410 e. The number of nitrogens with one attached hydrogen (secondary N) is 1. The molecule has 1 N–H and O–H groups in total. The Morgan fingerprint density at radius 3 is 2.59 bits per heavy atom. The molecule has 0 fully saturated rings. The van der Waals surface area contributed by atoms with Gasteiger partial charge in [0.15, 0.2) is 0 Å². The van der Waals surface area contributed by atoms with Crippen molar-refractivity contribution in [2.75, 3.05) is 13.7 Å². The first-order valence-electron chi connectivity index (χ1n) is 12.5. The normalized spacial score (nSPS) is 13.8. The molecule has 1 amide bonds. The Morgan fingerprint density at radius 2 is 1.92 bits per heavy atom. The van der Waals surface area contributed by atoms with Crippen LogP contribution >= 0.6 is 0 Å². The van der Waals surface area contributed by atoms with Gasteiger partial charge in [0.2, 0.25) is 0 Å². The molecule has 0 unspecified atom stereocenters. The Morgan fingerprint density at radius 1 is 1.19 bits per heavy atom. The summed E-state index contributed by atoms with van der Waals surface area (Å²) in [6, 6.07) is 9.48. The van der Waals surface area contributed by atoms with E-state index < -0.39 is 5.60 Å². The second-order valence-electron chi connectivity index (χ2n) is 10.7. The first-order chi connectivity index (χ1) is 17.6. The minimum atomic E-state index is -0.608. The van der Waals surface area contributed by atoms with Gasteiger partial charge in [-0.2, -0.15) is 5.10 Å². The number of ether oxygens (including phenoxy) is 2. The largest absolute Gasteiger partial charge is 0.444 e. The predicted octanol–water partition coefficient (Wildman–Crippen LogP) is 6.22. The van der Waals surface area contributed by atoms with Crippen molar-refractivity contribution in [3.63, 3.8) is 0 Å². The Balaban J connectivity index is 1.76. The number of methoxy groups -OCH3 is 1. The summed E-state index contributed by atoms with van der Waals surface area (Å²) < 4.78 is 28.9.